The van der Waals surface area contributed by atoms with Gasteiger partial charge in [-0.3, -0.25) is 4.79 Å². The lowest BCUT2D eigenvalue weighted by Gasteiger charge is -2.17. The average molecular weight is 473 g/mol. The molecule has 0 saturated heterocycles. The van der Waals surface area contributed by atoms with Crippen LogP contribution in [-0.4, -0.2) is 23.2 Å². The maximum atomic E-state index is 13.7. The fourth-order valence-electron chi connectivity index (χ4n) is 2.53. The monoisotopic (exact) mass is 471 g/mol. The van der Waals surface area contributed by atoms with E-state index >= 15 is 0 Å². The first kappa shape index (κ1) is 20.3. The number of aromatic nitrogens is 1. The van der Waals surface area contributed by atoms with Crippen LogP contribution in [0.3, 0.4) is 0 Å². The molecule has 0 atom stereocenters. The van der Waals surface area contributed by atoms with Gasteiger partial charge in [-0.1, -0.05) is 27.5 Å². The van der Waals surface area contributed by atoms with Crippen molar-refractivity contribution in [2.45, 2.75) is 19.5 Å². The summed E-state index contributed by atoms with van der Waals surface area (Å²) >= 11 is 9.45. The van der Waals surface area contributed by atoms with Crippen molar-refractivity contribution >= 4 is 50.9 Å². The lowest BCUT2D eigenvalue weighted by Crippen LogP contribution is -2.35. The Balaban J connectivity index is 2.10. The van der Waals surface area contributed by atoms with Gasteiger partial charge in [0, 0.05) is 10.7 Å². The molecular formula is C18H16BrClFN3O4. The number of anilines is 2. The third-order valence-electron chi connectivity index (χ3n) is 4.24. The average Bonchev–Trinajstić information content (AvgIpc) is 3.46. The highest BCUT2D eigenvalue weighted by Crippen LogP contribution is 2.32. The van der Waals surface area contributed by atoms with E-state index in [0.29, 0.717) is 20.6 Å². The molecule has 3 rings (SSSR count). The number of ether oxygens (including phenoxy) is 1. The number of pyridine rings is 1. The molecule has 0 unspecified atom stereocenters. The molecule has 1 amide bonds. The molecule has 1 aliphatic carbocycles. The Bertz CT molecular complexity index is 1010. The maximum absolute atomic E-state index is 13.7. The van der Waals surface area contributed by atoms with Crippen LogP contribution in [-0.2, 0) is 11.4 Å². The zero-order chi connectivity index (χ0) is 20.4. The molecule has 1 aromatic carbocycles. The number of nitrogens with two attached hydrogens (primary N) is 1. The molecule has 0 spiro atoms. The van der Waals surface area contributed by atoms with E-state index in [0.717, 1.165) is 19.0 Å². The molecule has 1 heterocycles. The molecule has 1 fully saturated rings. The molecule has 3 N–H and O–H groups in total. The van der Waals surface area contributed by atoms with Gasteiger partial charge in [-0.2, -0.15) is 0 Å². The summed E-state index contributed by atoms with van der Waals surface area (Å²) in [6.45, 7) is -1.02. The third kappa shape index (κ3) is 4.36. The van der Waals surface area contributed by atoms with Gasteiger partial charge in [0.05, 0.1) is 28.6 Å². The third-order valence-corrected chi connectivity index (χ3v) is 5.04. The second kappa shape index (κ2) is 8.32. The number of primary amides is 1. The lowest BCUT2D eigenvalue weighted by atomic mass is 10.1. The summed E-state index contributed by atoms with van der Waals surface area (Å²) in [6, 6.07) is 3.73. The molecule has 0 bridgehead atoms. The van der Waals surface area contributed by atoms with Crippen molar-refractivity contribution in [2.24, 2.45) is 11.7 Å². The van der Waals surface area contributed by atoms with E-state index in [1.54, 1.807) is 18.2 Å². The lowest BCUT2D eigenvalue weighted by molar-refractivity contribution is 0.0486. The van der Waals surface area contributed by atoms with Crippen molar-refractivity contribution in [3.63, 3.8) is 0 Å². The largest absolute Gasteiger partial charge is 0.462 e. The normalized spacial score (nSPS) is 13.2. The van der Waals surface area contributed by atoms with Crippen LogP contribution in [0.15, 0.2) is 33.7 Å². The van der Waals surface area contributed by atoms with E-state index in [4.69, 9.17) is 22.1 Å². The van der Waals surface area contributed by atoms with Crippen LogP contribution in [0.25, 0.3) is 0 Å². The predicted molar refractivity (Wildman–Crippen MR) is 106 cm³/mol. The number of hydrogen-bond acceptors (Lipinski definition) is 5. The number of benzene rings is 1. The SMILES string of the molecule is NC(=O)n1cc(C(=O)OCC2CC2)c(Nc2ccc(Br)cc2Cl)c(CF)c1=O. The molecular weight excluding hydrogens is 457 g/mol. The highest BCUT2D eigenvalue weighted by molar-refractivity contribution is 9.10. The number of halogens is 3. The minimum atomic E-state index is -1.23. The van der Waals surface area contributed by atoms with Crippen molar-refractivity contribution in [1.29, 1.82) is 0 Å². The van der Waals surface area contributed by atoms with Gasteiger partial charge in [0.2, 0.25) is 0 Å². The van der Waals surface area contributed by atoms with Gasteiger partial charge in [0.25, 0.3) is 5.56 Å². The Morgan fingerprint density at radius 2 is 2.11 bits per heavy atom. The predicted octanol–water partition coefficient (Wildman–Crippen LogP) is 3.97. The molecule has 7 nitrogen and oxygen atoms in total. The van der Waals surface area contributed by atoms with E-state index in [2.05, 4.69) is 21.2 Å². The highest BCUT2D eigenvalue weighted by Gasteiger charge is 2.27. The zero-order valence-electron chi connectivity index (χ0n) is 14.5. The molecule has 0 aliphatic heterocycles. The van der Waals surface area contributed by atoms with Gasteiger partial charge in [-0.15, -0.1) is 0 Å². The molecule has 0 radical (unpaired) electrons. The van der Waals surface area contributed by atoms with Gasteiger partial charge < -0.3 is 15.8 Å². The number of rotatable bonds is 6. The second-order valence-corrected chi connectivity index (χ2v) is 7.66. The molecule has 28 heavy (non-hydrogen) atoms. The fourth-order valence-corrected chi connectivity index (χ4v) is 3.25. The van der Waals surface area contributed by atoms with Crippen LogP contribution < -0.4 is 16.6 Å². The number of carbonyl (C=O) groups is 2. The van der Waals surface area contributed by atoms with E-state index in [9.17, 15) is 18.8 Å². The molecule has 10 heteroatoms. The fraction of sp³-hybridized carbons (Fsp3) is 0.278. The van der Waals surface area contributed by atoms with Crippen molar-refractivity contribution in [2.75, 3.05) is 11.9 Å². The molecule has 148 valence electrons. The summed E-state index contributed by atoms with van der Waals surface area (Å²) in [5.41, 5.74) is 3.82. The highest BCUT2D eigenvalue weighted by atomic mass is 79.9. The van der Waals surface area contributed by atoms with E-state index in [1.165, 1.54) is 0 Å². The summed E-state index contributed by atoms with van der Waals surface area (Å²) in [6.07, 6.45) is 2.88. The second-order valence-electron chi connectivity index (χ2n) is 6.33. The number of carbonyl (C=O) groups excluding carboxylic acids is 2. The summed E-state index contributed by atoms with van der Waals surface area (Å²) in [7, 11) is 0. The Morgan fingerprint density at radius 3 is 2.68 bits per heavy atom. The molecule has 1 aliphatic rings. The van der Waals surface area contributed by atoms with Crippen LogP contribution in [0.1, 0.15) is 28.8 Å². The minimum Gasteiger partial charge on any atom is -0.462 e. The van der Waals surface area contributed by atoms with Crippen LogP contribution >= 0.6 is 27.5 Å². The first-order valence-corrected chi connectivity index (χ1v) is 9.52. The van der Waals surface area contributed by atoms with E-state index in [-0.39, 0.29) is 22.9 Å². The molecule has 1 saturated carbocycles. The number of nitrogens with one attached hydrogen (secondary N) is 1. The minimum absolute atomic E-state index is 0.116. The van der Waals surface area contributed by atoms with E-state index in [1.807, 2.05) is 0 Å². The van der Waals surface area contributed by atoms with Crippen molar-refractivity contribution < 1.29 is 18.7 Å². The summed E-state index contributed by atoms with van der Waals surface area (Å²) in [5, 5.41) is 3.09. The van der Waals surface area contributed by atoms with Gasteiger partial charge in [0.15, 0.2) is 0 Å². The Kier molecular flexibility index (Phi) is 6.04. The summed E-state index contributed by atoms with van der Waals surface area (Å²) in [5.74, 6) is -0.503. The number of hydrogen-bond donors (Lipinski definition) is 2. The first-order valence-electron chi connectivity index (χ1n) is 8.35. The van der Waals surface area contributed by atoms with Gasteiger partial charge in [0.1, 0.15) is 12.2 Å². The van der Waals surface area contributed by atoms with Crippen molar-refractivity contribution in [3.8, 4) is 0 Å². The quantitative estimate of drug-likeness (QED) is 0.619. The van der Waals surface area contributed by atoms with Crippen LogP contribution in [0.2, 0.25) is 5.02 Å². The zero-order valence-corrected chi connectivity index (χ0v) is 16.8. The Labute approximate surface area is 172 Å². The van der Waals surface area contributed by atoms with Crippen molar-refractivity contribution in [1.82, 2.24) is 4.57 Å². The summed E-state index contributed by atoms with van der Waals surface area (Å²) < 4.78 is 20.2. The van der Waals surface area contributed by atoms with Crippen LogP contribution in [0.5, 0.6) is 0 Å². The number of amides is 1. The van der Waals surface area contributed by atoms with E-state index < -0.39 is 29.8 Å². The van der Waals surface area contributed by atoms with Crippen molar-refractivity contribution in [3.05, 3.63) is 55.4 Å². The number of nitrogens with zero attached hydrogens (tertiary/aromatic N) is 1. The summed E-state index contributed by atoms with van der Waals surface area (Å²) in [4.78, 5) is 36.6. The standard InChI is InChI=1S/C18H16BrClFN3O4/c19-10-3-4-14(13(20)5-10)23-15-11(6-21)16(25)24(18(22)27)7-12(15)17(26)28-8-9-1-2-9/h3-5,7,9,23H,1-2,6,8H2,(H2,22,27). The van der Waals surface area contributed by atoms with Crippen LogP contribution in [0, 0.1) is 5.92 Å². The maximum Gasteiger partial charge on any atom is 0.341 e. The Hall–Kier alpha value is -2.39. The van der Waals surface area contributed by atoms with Gasteiger partial charge in [-0.25, -0.2) is 18.5 Å². The molecule has 2 aromatic rings. The molecule has 1 aromatic heterocycles. The number of esters is 1. The topological polar surface area (TPSA) is 103 Å². The van der Waals surface area contributed by atoms with Gasteiger partial charge in [-0.05, 0) is 37.0 Å². The first-order chi connectivity index (χ1) is 13.3. The van der Waals surface area contributed by atoms with Crippen LogP contribution in [0.4, 0.5) is 20.6 Å². The smallest absolute Gasteiger partial charge is 0.341 e. The number of alkyl halides is 1. The van der Waals surface area contributed by atoms with Gasteiger partial charge >= 0.3 is 12.0 Å². The Morgan fingerprint density at radius 1 is 1.39 bits per heavy atom.